The van der Waals surface area contributed by atoms with E-state index < -0.39 is 11.9 Å². The van der Waals surface area contributed by atoms with Crippen LogP contribution in [-0.2, 0) is 9.47 Å². The zero-order valence-corrected chi connectivity index (χ0v) is 17.2. The Morgan fingerprint density at radius 3 is 2.71 bits per heavy atom. The summed E-state index contributed by atoms with van der Waals surface area (Å²) in [4.78, 5) is 29.0. The molecule has 1 aromatic carbocycles. The molecule has 0 fully saturated rings. The van der Waals surface area contributed by atoms with Gasteiger partial charge in [-0.1, -0.05) is 29.3 Å². The lowest BCUT2D eigenvalue weighted by Crippen LogP contribution is -2.16. The number of thiophene rings is 1. The highest BCUT2D eigenvalue weighted by Gasteiger charge is 2.19. The molecule has 0 aliphatic carbocycles. The van der Waals surface area contributed by atoms with Crippen LogP contribution in [0.2, 0.25) is 10.0 Å². The number of pyridine rings is 1. The molecule has 2 aromatic heterocycles. The number of fused-ring (bicyclic) bond motifs is 1. The third-order valence-electron chi connectivity index (χ3n) is 3.79. The van der Waals surface area contributed by atoms with E-state index in [4.69, 9.17) is 32.7 Å². The standard InChI is InChI=1S/C19H16Cl2N2O4S/c1-2-26-18(24)12-10-23-17-11(5-6-13(20)15(17)21)16(12)22-7-8-27-19(25)14-4-3-9-28-14/h3-6,9-10H,2,7-8H2,1H3,(H,22,23). The smallest absolute Gasteiger partial charge is 0.348 e. The molecule has 0 amide bonds. The molecule has 9 heteroatoms. The highest BCUT2D eigenvalue weighted by molar-refractivity contribution is 7.11. The van der Waals surface area contributed by atoms with E-state index in [1.165, 1.54) is 17.5 Å². The lowest BCUT2D eigenvalue weighted by molar-refractivity contribution is 0.0513. The summed E-state index contributed by atoms with van der Waals surface area (Å²) in [5.41, 5.74) is 1.21. The van der Waals surface area contributed by atoms with Gasteiger partial charge in [-0.3, -0.25) is 4.98 Å². The Morgan fingerprint density at radius 1 is 1.18 bits per heavy atom. The summed E-state index contributed by atoms with van der Waals surface area (Å²) >= 11 is 13.6. The summed E-state index contributed by atoms with van der Waals surface area (Å²) in [6, 6.07) is 6.83. The predicted octanol–water partition coefficient (Wildman–Crippen LogP) is 5.05. The summed E-state index contributed by atoms with van der Waals surface area (Å²) in [5, 5.41) is 6.20. The number of carbonyl (C=O) groups is 2. The first-order valence-electron chi connectivity index (χ1n) is 8.41. The molecular weight excluding hydrogens is 423 g/mol. The van der Waals surface area contributed by atoms with E-state index in [9.17, 15) is 9.59 Å². The Labute approximate surface area is 175 Å². The number of hydrogen-bond donors (Lipinski definition) is 1. The molecule has 0 saturated heterocycles. The molecule has 1 N–H and O–H groups in total. The van der Waals surface area contributed by atoms with E-state index in [2.05, 4.69) is 10.3 Å². The highest BCUT2D eigenvalue weighted by atomic mass is 35.5. The van der Waals surface area contributed by atoms with Gasteiger partial charge in [0.15, 0.2) is 0 Å². The molecule has 6 nitrogen and oxygen atoms in total. The molecule has 0 spiro atoms. The number of ether oxygens (including phenoxy) is 2. The average Bonchev–Trinajstić information content (AvgIpc) is 3.23. The Bertz CT molecular complexity index is 1010. The van der Waals surface area contributed by atoms with Crippen molar-refractivity contribution in [3.05, 3.63) is 56.3 Å². The molecule has 0 saturated carbocycles. The Morgan fingerprint density at radius 2 is 2.00 bits per heavy atom. The van der Waals surface area contributed by atoms with Crippen molar-refractivity contribution < 1.29 is 19.1 Å². The van der Waals surface area contributed by atoms with Crippen molar-refractivity contribution in [2.75, 3.05) is 25.1 Å². The zero-order chi connectivity index (χ0) is 20.1. The van der Waals surface area contributed by atoms with Crippen LogP contribution in [0.4, 0.5) is 5.69 Å². The van der Waals surface area contributed by atoms with Gasteiger partial charge in [0.2, 0.25) is 0 Å². The van der Waals surface area contributed by atoms with E-state index >= 15 is 0 Å². The van der Waals surface area contributed by atoms with Gasteiger partial charge in [-0.2, -0.15) is 0 Å². The first-order chi connectivity index (χ1) is 13.5. The fourth-order valence-electron chi connectivity index (χ4n) is 2.55. The molecule has 0 unspecified atom stereocenters. The van der Waals surface area contributed by atoms with Crippen molar-refractivity contribution in [3.8, 4) is 0 Å². The molecule has 0 aliphatic heterocycles. The van der Waals surface area contributed by atoms with Crippen molar-refractivity contribution in [3.63, 3.8) is 0 Å². The maximum Gasteiger partial charge on any atom is 0.348 e. The number of nitrogens with one attached hydrogen (secondary N) is 1. The van der Waals surface area contributed by atoms with Gasteiger partial charge < -0.3 is 14.8 Å². The fraction of sp³-hybridized carbons (Fsp3) is 0.211. The van der Waals surface area contributed by atoms with E-state index in [1.54, 1.807) is 36.6 Å². The Hall–Kier alpha value is -2.35. The molecule has 3 rings (SSSR count). The van der Waals surface area contributed by atoms with Crippen LogP contribution in [0.25, 0.3) is 10.9 Å². The van der Waals surface area contributed by atoms with E-state index in [0.29, 0.717) is 31.5 Å². The number of carbonyl (C=O) groups excluding carboxylic acids is 2. The molecule has 0 radical (unpaired) electrons. The maximum absolute atomic E-state index is 12.3. The average molecular weight is 439 g/mol. The van der Waals surface area contributed by atoms with Crippen LogP contribution in [0.15, 0.2) is 35.8 Å². The first-order valence-corrected chi connectivity index (χ1v) is 10.0. The van der Waals surface area contributed by atoms with Crippen LogP contribution < -0.4 is 5.32 Å². The lowest BCUT2D eigenvalue weighted by Gasteiger charge is -2.15. The Balaban J connectivity index is 1.82. The maximum atomic E-state index is 12.3. The van der Waals surface area contributed by atoms with E-state index in [0.717, 1.165) is 0 Å². The number of nitrogens with zero attached hydrogens (tertiary/aromatic N) is 1. The molecule has 0 atom stereocenters. The second-order valence-electron chi connectivity index (χ2n) is 5.56. The van der Waals surface area contributed by atoms with Gasteiger partial charge in [-0.05, 0) is 30.5 Å². The SMILES string of the molecule is CCOC(=O)c1cnc2c(Cl)c(Cl)ccc2c1NCCOC(=O)c1cccs1. The van der Waals surface area contributed by atoms with Gasteiger partial charge in [0.25, 0.3) is 0 Å². The minimum atomic E-state index is -0.513. The highest BCUT2D eigenvalue weighted by Crippen LogP contribution is 2.34. The molecule has 0 aliphatic rings. The van der Waals surface area contributed by atoms with E-state index in [-0.39, 0.29) is 25.3 Å². The third-order valence-corrected chi connectivity index (χ3v) is 5.43. The van der Waals surface area contributed by atoms with Crippen LogP contribution >= 0.6 is 34.5 Å². The summed E-state index contributed by atoms with van der Waals surface area (Å²) in [7, 11) is 0. The number of benzene rings is 1. The van der Waals surface area contributed by atoms with Crippen molar-refractivity contribution >= 4 is 63.1 Å². The van der Waals surface area contributed by atoms with Crippen molar-refractivity contribution in [2.45, 2.75) is 6.92 Å². The second-order valence-corrected chi connectivity index (χ2v) is 7.30. The largest absolute Gasteiger partial charge is 0.462 e. The topological polar surface area (TPSA) is 77.5 Å². The predicted molar refractivity (Wildman–Crippen MR) is 111 cm³/mol. The number of aromatic nitrogens is 1. The summed E-state index contributed by atoms with van der Waals surface area (Å²) in [6.07, 6.45) is 1.39. The summed E-state index contributed by atoms with van der Waals surface area (Å²) in [5.74, 6) is -0.905. The van der Waals surface area contributed by atoms with Crippen LogP contribution in [0.5, 0.6) is 0 Å². The van der Waals surface area contributed by atoms with Crippen LogP contribution in [-0.4, -0.2) is 36.7 Å². The van der Waals surface area contributed by atoms with Gasteiger partial charge in [-0.25, -0.2) is 9.59 Å². The van der Waals surface area contributed by atoms with Crippen molar-refractivity contribution in [2.24, 2.45) is 0 Å². The molecule has 3 aromatic rings. The van der Waals surface area contributed by atoms with Crippen LogP contribution in [0.1, 0.15) is 27.0 Å². The number of rotatable bonds is 7. The number of anilines is 1. The number of hydrogen-bond acceptors (Lipinski definition) is 7. The number of esters is 2. The normalized spacial score (nSPS) is 10.7. The molecular formula is C19H16Cl2N2O4S. The summed E-state index contributed by atoms with van der Waals surface area (Å²) < 4.78 is 10.3. The third kappa shape index (κ3) is 4.38. The monoisotopic (exact) mass is 438 g/mol. The van der Waals surface area contributed by atoms with E-state index in [1.807, 2.05) is 0 Å². The second kappa shape index (κ2) is 9.23. The quantitative estimate of drug-likeness (QED) is 0.410. The minimum absolute atomic E-state index is 0.115. The molecule has 146 valence electrons. The number of halogens is 2. The van der Waals surface area contributed by atoms with Gasteiger partial charge in [0.05, 0.1) is 27.9 Å². The molecule has 0 bridgehead atoms. The van der Waals surface area contributed by atoms with Gasteiger partial charge in [0, 0.05) is 18.1 Å². The van der Waals surface area contributed by atoms with Gasteiger partial charge in [-0.15, -0.1) is 11.3 Å². The summed E-state index contributed by atoms with van der Waals surface area (Å²) in [6.45, 7) is 2.35. The van der Waals surface area contributed by atoms with Gasteiger partial charge >= 0.3 is 11.9 Å². The van der Waals surface area contributed by atoms with Crippen molar-refractivity contribution in [1.29, 1.82) is 0 Å². The fourth-order valence-corrected chi connectivity index (χ4v) is 3.53. The van der Waals surface area contributed by atoms with Gasteiger partial charge in [0.1, 0.15) is 17.0 Å². The van der Waals surface area contributed by atoms with Crippen LogP contribution in [0, 0.1) is 0 Å². The molecule has 28 heavy (non-hydrogen) atoms. The van der Waals surface area contributed by atoms with Crippen LogP contribution in [0.3, 0.4) is 0 Å². The lowest BCUT2D eigenvalue weighted by atomic mass is 10.1. The minimum Gasteiger partial charge on any atom is -0.462 e. The Kier molecular flexibility index (Phi) is 6.72. The zero-order valence-electron chi connectivity index (χ0n) is 14.8. The first kappa shape index (κ1) is 20.4. The molecule has 2 heterocycles. The van der Waals surface area contributed by atoms with Crippen molar-refractivity contribution in [1.82, 2.24) is 4.98 Å².